The quantitative estimate of drug-likeness (QED) is 0.582. The molecule has 0 aliphatic rings. The van der Waals surface area contributed by atoms with Crippen LogP contribution in [0.5, 0.6) is 0 Å². The fourth-order valence-electron chi connectivity index (χ4n) is 3.10. The van der Waals surface area contributed by atoms with E-state index in [1.165, 1.54) is 0 Å². The molecule has 28 heavy (non-hydrogen) atoms. The smallest absolute Gasteiger partial charge is 0.272 e. The van der Waals surface area contributed by atoms with Gasteiger partial charge in [-0.05, 0) is 48.9 Å². The van der Waals surface area contributed by atoms with Crippen molar-refractivity contribution in [2.24, 2.45) is 0 Å². The van der Waals surface area contributed by atoms with Crippen molar-refractivity contribution in [3.05, 3.63) is 99.9 Å². The Kier molecular flexibility index (Phi) is 4.76. The van der Waals surface area contributed by atoms with Gasteiger partial charge in [-0.2, -0.15) is 0 Å². The molecule has 6 heteroatoms. The van der Waals surface area contributed by atoms with Crippen LogP contribution in [0.2, 0.25) is 0 Å². The highest BCUT2D eigenvalue weighted by molar-refractivity contribution is 5.94. The lowest BCUT2D eigenvalue weighted by Gasteiger charge is -2.11. The second-order valence-corrected chi connectivity index (χ2v) is 6.54. The van der Waals surface area contributed by atoms with Gasteiger partial charge in [0.1, 0.15) is 11.5 Å². The molecule has 0 radical (unpaired) electrons. The van der Waals surface area contributed by atoms with E-state index in [0.717, 1.165) is 16.6 Å². The summed E-state index contributed by atoms with van der Waals surface area (Å²) in [4.78, 5) is 29.2. The molecule has 0 unspecified atom stereocenters. The van der Waals surface area contributed by atoms with Gasteiger partial charge in [-0.3, -0.25) is 9.59 Å². The molecule has 0 saturated heterocycles. The first-order valence-corrected chi connectivity index (χ1v) is 8.97. The van der Waals surface area contributed by atoms with E-state index in [4.69, 9.17) is 4.42 Å². The van der Waals surface area contributed by atoms with Crippen LogP contribution in [0.25, 0.3) is 11.0 Å². The Morgan fingerprint density at radius 1 is 1.07 bits per heavy atom. The number of aromatic nitrogens is 2. The number of carbonyl (C=O) groups is 1. The molecule has 0 atom stereocenters. The van der Waals surface area contributed by atoms with E-state index >= 15 is 0 Å². The number of furan rings is 1. The molecule has 2 heterocycles. The molecule has 0 bridgehead atoms. The van der Waals surface area contributed by atoms with Gasteiger partial charge < -0.3 is 14.3 Å². The van der Waals surface area contributed by atoms with Gasteiger partial charge in [-0.15, -0.1) is 0 Å². The largest absolute Gasteiger partial charge is 0.467 e. The van der Waals surface area contributed by atoms with Crippen molar-refractivity contribution < 1.29 is 9.21 Å². The van der Waals surface area contributed by atoms with Gasteiger partial charge in [0.2, 0.25) is 0 Å². The summed E-state index contributed by atoms with van der Waals surface area (Å²) in [5.74, 6) is 0.523. The zero-order valence-electron chi connectivity index (χ0n) is 15.4. The van der Waals surface area contributed by atoms with Crippen LogP contribution in [-0.2, 0) is 13.1 Å². The molecule has 0 fully saturated rings. The summed E-state index contributed by atoms with van der Waals surface area (Å²) in [6.45, 7) is 2.47. The van der Waals surface area contributed by atoms with E-state index in [0.29, 0.717) is 30.1 Å². The summed E-state index contributed by atoms with van der Waals surface area (Å²) in [7, 11) is 0. The number of nitrogens with zero attached hydrogens (tertiary/aromatic N) is 2. The van der Waals surface area contributed by atoms with Crippen LogP contribution in [0, 0.1) is 6.92 Å². The van der Waals surface area contributed by atoms with Crippen molar-refractivity contribution in [2.75, 3.05) is 0 Å². The molecule has 0 saturated carbocycles. The third-order valence-electron chi connectivity index (χ3n) is 4.58. The maximum atomic E-state index is 12.6. The number of hydrogen-bond donors (Lipinski definition) is 1. The van der Waals surface area contributed by atoms with Crippen LogP contribution in [0.3, 0.4) is 0 Å². The molecule has 140 valence electrons. The second-order valence-electron chi connectivity index (χ2n) is 6.54. The number of fused-ring (bicyclic) bond motifs is 1. The first-order valence-electron chi connectivity index (χ1n) is 8.97. The highest BCUT2D eigenvalue weighted by Gasteiger charge is 2.10. The van der Waals surface area contributed by atoms with E-state index in [-0.39, 0.29) is 11.5 Å². The Morgan fingerprint density at radius 2 is 1.86 bits per heavy atom. The van der Waals surface area contributed by atoms with Crippen LogP contribution >= 0.6 is 0 Å². The highest BCUT2D eigenvalue weighted by Crippen LogP contribution is 2.13. The SMILES string of the molecule is Cc1nc2ccccc2n(Cc2ccc(C(=O)NCc3ccco3)cc2)c1=O. The molecule has 0 aliphatic heterocycles. The second kappa shape index (κ2) is 7.52. The third kappa shape index (κ3) is 3.57. The van der Waals surface area contributed by atoms with Crippen molar-refractivity contribution in [1.29, 1.82) is 0 Å². The fraction of sp³-hybridized carbons (Fsp3) is 0.136. The van der Waals surface area contributed by atoms with Crippen LogP contribution in [0.4, 0.5) is 0 Å². The van der Waals surface area contributed by atoms with Crippen LogP contribution in [0.1, 0.15) is 27.4 Å². The summed E-state index contributed by atoms with van der Waals surface area (Å²) < 4.78 is 6.92. The topological polar surface area (TPSA) is 77.1 Å². The van der Waals surface area contributed by atoms with Crippen molar-refractivity contribution in [2.45, 2.75) is 20.0 Å². The lowest BCUT2D eigenvalue weighted by atomic mass is 10.1. The van der Waals surface area contributed by atoms with Crippen molar-refractivity contribution >= 4 is 16.9 Å². The van der Waals surface area contributed by atoms with E-state index < -0.39 is 0 Å². The van der Waals surface area contributed by atoms with E-state index in [2.05, 4.69) is 10.3 Å². The van der Waals surface area contributed by atoms with E-state index in [9.17, 15) is 9.59 Å². The lowest BCUT2D eigenvalue weighted by molar-refractivity contribution is 0.0948. The number of carbonyl (C=O) groups excluding carboxylic acids is 1. The monoisotopic (exact) mass is 373 g/mol. The minimum absolute atomic E-state index is 0.112. The first-order chi connectivity index (χ1) is 13.6. The molecule has 1 N–H and O–H groups in total. The Balaban J connectivity index is 1.54. The lowest BCUT2D eigenvalue weighted by Crippen LogP contribution is -2.25. The number of benzene rings is 2. The molecule has 2 aromatic carbocycles. The Bertz CT molecular complexity index is 1180. The first kappa shape index (κ1) is 17.7. The average Bonchev–Trinajstić information content (AvgIpc) is 3.24. The van der Waals surface area contributed by atoms with Crippen molar-refractivity contribution in [3.63, 3.8) is 0 Å². The number of nitrogens with one attached hydrogen (secondary N) is 1. The van der Waals surface area contributed by atoms with Crippen LogP contribution < -0.4 is 10.9 Å². The predicted octanol–water partition coefficient (Wildman–Crippen LogP) is 3.28. The summed E-state index contributed by atoms with van der Waals surface area (Å²) in [6.07, 6.45) is 1.57. The van der Waals surface area contributed by atoms with Gasteiger partial charge in [0.15, 0.2) is 0 Å². The van der Waals surface area contributed by atoms with E-state index in [1.807, 2.05) is 42.5 Å². The van der Waals surface area contributed by atoms with Crippen LogP contribution in [0.15, 0.2) is 76.1 Å². The maximum absolute atomic E-state index is 12.6. The summed E-state index contributed by atoms with van der Waals surface area (Å²) >= 11 is 0. The molecule has 0 aliphatic carbocycles. The summed E-state index contributed by atoms with van der Waals surface area (Å²) in [5, 5.41) is 2.82. The predicted molar refractivity (Wildman–Crippen MR) is 106 cm³/mol. The minimum Gasteiger partial charge on any atom is -0.467 e. The normalized spacial score (nSPS) is 10.9. The molecular formula is C22H19N3O3. The maximum Gasteiger partial charge on any atom is 0.272 e. The van der Waals surface area contributed by atoms with Crippen molar-refractivity contribution in [3.8, 4) is 0 Å². The van der Waals surface area contributed by atoms with Crippen molar-refractivity contribution in [1.82, 2.24) is 14.9 Å². The number of amides is 1. The Morgan fingerprint density at radius 3 is 2.61 bits per heavy atom. The Hall–Kier alpha value is -3.67. The molecular weight excluding hydrogens is 354 g/mol. The number of aryl methyl sites for hydroxylation is 1. The zero-order chi connectivity index (χ0) is 19.5. The molecule has 4 rings (SSSR count). The van der Waals surface area contributed by atoms with Gasteiger partial charge in [0.05, 0.1) is 30.4 Å². The highest BCUT2D eigenvalue weighted by atomic mass is 16.3. The summed E-state index contributed by atoms with van der Waals surface area (Å²) in [5.41, 5.74) is 3.41. The number of rotatable bonds is 5. The summed E-state index contributed by atoms with van der Waals surface area (Å²) in [6, 6.07) is 18.4. The van der Waals surface area contributed by atoms with Gasteiger partial charge in [0.25, 0.3) is 11.5 Å². The molecule has 2 aromatic heterocycles. The van der Waals surface area contributed by atoms with E-state index in [1.54, 1.807) is 36.0 Å². The molecule has 4 aromatic rings. The standard InChI is InChI=1S/C22H19N3O3/c1-15-22(27)25(20-7-3-2-6-19(20)24-15)14-16-8-10-17(11-9-16)21(26)23-13-18-5-4-12-28-18/h2-12H,13-14H2,1H3,(H,23,26). The minimum atomic E-state index is -0.176. The zero-order valence-corrected chi connectivity index (χ0v) is 15.4. The van der Waals surface area contributed by atoms with Crippen LogP contribution in [-0.4, -0.2) is 15.5 Å². The van der Waals surface area contributed by atoms with Gasteiger partial charge in [-0.1, -0.05) is 24.3 Å². The molecule has 1 amide bonds. The number of hydrogen-bond acceptors (Lipinski definition) is 4. The van der Waals surface area contributed by atoms with Gasteiger partial charge in [0, 0.05) is 5.56 Å². The number of para-hydroxylation sites is 2. The average molecular weight is 373 g/mol. The fourth-order valence-corrected chi connectivity index (χ4v) is 3.10. The molecule has 6 nitrogen and oxygen atoms in total. The Labute approximate surface area is 161 Å². The van der Waals surface area contributed by atoms with Gasteiger partial charge in [-0.25, -0.2) is 4.98 Å². The van der Waals surface area contributed by atoms with Gasteiger partial charge >= 0.3 is 0 Å². The third-order valence-corrected chi connectivity index (χ3v) is 4.58. The molecule has 0 spiro atoms.